The van der Waals surface area contributed by atoms with Crippen LogP contribution >= 0.6 is 0 Å². The Labute approximate surface area is 849 Å². The van der Waals surface area contributed by atoms with Gasteiger partial charge in [0.15, 0.2) is 0 Å². The third-order valence-corrected chi connectivity index (χ3v) is 32.0. The lowest BCUT2D eigenvalue weighted by Crippen LogP contribution is -2.18. The molecular formula is C144H98N2. The second-order valence-corrected chi connectivity index (χ2v) is 40.6. The Bertz CT molecular complexity index is 9780. The first-order chi connectivity index (χ1) is 72.0. The lowest BCUT2D eigenvalue weighted by Gasteiger charge is -2.31. The predicted molar refractivity (Wildman–Crippen MR) is 625 cm³/mol. The van der Waals surface area contributed by atoms with Crippen molar-refractivity contribution in [1.29, 1.82) is 0 Å². The fraction of sp³-hybridized carbons (Fsp3) is 0.0417. The Hall–Kier alpha value is -18.3. The Balaban J connectivity index is 0.000000142. The highest BCUT2D eigenvalue weighted by molar-refractivity contribution is 6.38. The fourth-order valence-electron chi connectivity index (χ4n) is 25.4. The first-order valence-electron chi connectivity index (χ1n) is 51.1. The maximum Gasteiger partial charge on any atom is 0.0540 e. The van der Waals surface area contributed by atoms with Crippen LogP contribution in [0.15, 0.2) is 522 Å². The maximum atomic E-state index is 2.53. The van der Waals surface area contributed by atoms with E-state index in [2.05, 4.69) is 559 Å². The molecule has 684 valence electrons. The van der Waals surface area contributed by atoms with Gasteiger partial charge in [0.2, 0.25) is 0 Å². The molecule has 2 aliphatic carbocycles. The molecule has 0 amide bonds. The summed E-state index contributed by atoms with van der Waals surface area (Å²) in [4.78, 5) is 4.92. The number of benzene rings is 27. The molecule has 146 heavy (non-hydrogen) atoms. The Morgan fingerprint density at radius 1 is 0.130 bits per heavy atom. The summed E-state index contributed by atoms with van der Waals surface area (Å²) < 4.78 is 0. The predicted octanol–water partition coefficient (Wildman–Crippen LogP) is 40.4. The molecule has 0 aliphatic heterocycles. The van der Waals surface area contributed by atoms with E-state index in [0.29, 0.717) is 0 Å². The third kappa shape index (κ3) is 13.5. The quantitative estimate of drug-likeness (QED) is 0.0791. The van der Waals surface area contributed by atoms with E-state index in [0.717, 1.165) is 28.4 Å². The van der Waals surface area contributed by atoms with Gasteiger partial charge in [0.25, 0.3) is 0 Å². The van der Waals surface area contributed by atoms with Crippen molar-refractivity contribution >= 4 is 153 Å². The van der Waals surface area contributed by atoms with Gasteiger partial charge in [-0.05, 0) is 326 Å². The van der Waals surface area contributed by atoms with Crippen LogP contribution in [0.25, 0.3) is 230 Å². The van der Waals surface area contributed by atoms with Crippen LogP contribution < -0.4 is 9.80 Å². The normalized spacial score (nSPS) is 12.8. The summed E-state index contributed by atoms with van der Waals surface area (Å²) in [6, 6.07) is 194. The minimum atomic E-state index is -0.152. The summed E-state index contributed by atoms with van der Waals surface area (Å²) in [7, 11) is 0. The van der Waals surface area contributed by atoms with Gasteiger partial charge >= 0.3 is 0 Å². The molecule has 0 aromatic heterocycles. The zero-order valence-corrected chi connectivity index (χ0v) is 81.5. The van der Waals surface area contributed by atoms with E-state index in [1.54, 1.807) is 0 Å². The van der Waals surface area contributed by atoms with Crippen LogP contribution in [0, 0.1) is 0 Å². The molecule has 0 saturated carbocycles. The Morgan fingerprint density at radius 2 is 0.411 bits per heavy atom. The molecule has 0 spiro atoms. The van der Waals surface area contributed by atoms with Gasteiger partial charge in [-0.15, -0.1) is 0 Å². The van der Waals surface area contributed by atoms with Crippen molar-refractivity contribution in [2.75, 3.05) is 9.80 Å². The second kappa shape index (κ2) is 34.2. The number of nitrogens with zero attached hydrogens (tertiary/aromatic N) is 2. The van der Waals surface area contributed by atoms with Crippen molar-refractivity contribution in [1.82, 2.24) is 0 Å². The Morgan fingerprint density at radius 3 is 0.863 bits per heavy atom. The van der Waals surface area contributed by atoms with Crippen molar-refractivity contribution in [3.63, 3.8) is 0 Å². The van der Waals surface area contributed by atoms with Crippen molar-refractivity contribution < 1.29 is 0 Å². The third-order valence-electron chi connectivity index (χ3n) is 32.0. The second-order valence-electron chi connectivity index (χ2n) is 40.6. The SMILES string of the molecule is CC1(C)c2ccccc2-c2ccc(N(c3ccc4c(c3)C(C)(C)c3ccccc3-4)c3ccc(-c4ccc5c(c4)c4ccccc4c4c(-c6ccccc6)cc(-c6ccccc6)c(-c6ccccc6)c54)c4ccccc34)cc21.c1ccc(-c2cc(-c3ccccc3)c3c4ccccc4c4cc(-c5ccc6c7cccc8c(N(c9ccccc9)c9ccccc9)ccc(c9cccc5c69)c87)ccc4c3c2-c2ccccc2)cc1. The zero-order chi connectivity index (χ0) is 97.0. The van der Waals surface area contributed by atoms with Gasteiger partial charge in [-0.25, -0.2) is 0 Å². The molecular weight excluding hydrogens is 1760 g/mol. The van der Waals surface area contributed by atoms with Crippen LogP contribution in [-0.2, 0) is 10.8 Å². The summed E-state index contributed by atoms with van der Waals surface area (Å²) in [6.07, 6.45) is 0. The zero-order valence-electron chi connectivity index (χ0n) is 81.5. The van der Waals surface area contributed by atoms with Crippen molar-refractivity contribution in [3.05, 3.63) is 544 Å². The fourth-order valence-corrected chi connectivity index (χ4v) is 25.4. The van der Waals surface area contributed by atoms with E-state index >= 15 is 0 Å². The average molecular weight is 1860 g/mol. The average Bonchev–Trinajstić information content (AvgIpc) is 1.45. The van der Waals surface area contributed by atoms with Crippen LogP contribution in [0.4, 0.5) is 34.1 Å². The number of hydrogen-bond acceptors (Lipinski definition) is 2. The van der Waals surface area contributed by atoms with Crippen molar-refractivity contribution in [2.24, 2.45) is 0 Å². The standard InChI is InChI=1S/C76H55N.C68H43N/c1-75(2)67-34-20-18-30-57(67)59-40-37-52(45-69(59)75)77(53-38-41-60-58-31-19-21-35-68(58)76(3,4)70(60)46-53)71-43-42-54(55-28-14-16-32-61(55)71)51-36-39-63-66(44-51)56-29-15-17-33-62(56)73-65(49-24-10-6-11-25-49)47-64(48-22-8-5-9-23-48)72(74(63)73)50-26-12-7-13-27-50;1-6-20-44(21-7-1)60-43-61(45-22-8-2-9-23-45)67-53-31-17-16-30-51(53)62-42-47(36-37-58(62)68(67)64(60)46-24-10-3-11-25-46)50-38-39-56-55-34-19-35-59-63(41-40-57(66(55)59)54-33-18-32-52(50)65(54)56)69(48-26-12-4-13-27-48)49-28-14-5-15-29-49/h5-47H,1-4H3;1-43H. The highest BCUT2D eigenvalue weighted by atomic mass is 15.2. The number of anilines is 6. The largest absolute Gasteiger partial charge is 0.310 e. The molecule has 0 fully saturated rings. The number of hydrogen-bond donors (Lipinski definition) is 0. The minimum absolute atomic E-state index is 0.152. The highest BCUT2D eigenvalue weighted by Crippen LogP contribution is 2.59. The molecule has 0 unspecified atom stereocenters. The molecule has 0 bridgehead atoms. The minimum Gasteiger partial charge on any atom is -0.310 e. The van der Waals surface area contributed by atoms with Crippen LogP contribution in [0.1, 0.15) is 49.9 Å². The maximum absolute atomic E-state index is 2.53. The van der Waals surface area contributed by atoms with E-state index in [-0.39, 0.29) is 10.8 Å². The van der Waals surface area contributed by atoms with E-state index in [1.807, 2.05) is 0 Å². The molecule has 2 aliphatic rings. The number of fused-ring (bicyclic) bond motifs is 21. The van der Waals surface area contributed by atoms with Crippen molar-refractivity contribution in [3.8, 4) is 111 Å². The lowest BCUT2D eigenvalue weighted by atomic mass is 9.81. The monoisotopic (exact) mass is 1850 g/mol. The van der Waals surface area contributed by atoms with Crippen LogP contribution in [0.2, 0.25) is 0 Å². The van der Waals surface area contributed by atoms with E-state index in [4.69, 9.17) is 0 Å². The summed E-state index contributed by atoms with van der Waals surface area (Å²) >= 11 is 0. The van der Waals surface area contributed by atoms with Crippen LogP contribution in [0.5, 0.6) is 0 Å². The van der Waals surface area contributed by atoms with Gasteiger partial charge in [-0.2, -0.15) is 0 Å². The topological polar surface area (TPSA) is 6.48 Å². The molecule has 27 aromatic carbocycles. The summed E-state index contributed by atoms with van der Waals surface area (Å²) in [6.45, 7) is 9.53. The highest BCUT2D eigenvalue weighted by Gasteiger charge is 2.39. The van der Waals surface area contributed by atoms with Crippen LogP contribution in [0.3, 0.4) is 0 Å². The van der Waals surface area contributed by atoms with Gasteiger partial charge < -0.3 is 9.80 Å². The molecule has 0 saturated heterocycles. The van der Waals surface area contributed by atoms with Gasteiger partial charge in [0, 0.05) is 44.4 Å². The van der Waals surface area contributed by atoms with Gasteiger partial charge in [0.1, 0.15) is 0 Å². The van der Waals surface area contributed by atoms with Crippen LogP contribution in [-0.4, -0.2) is 0 Å². The summed E-state index contributed by atoms with van der Waals surface area (Å²) in [5, 5.41) is 27.7. The van der Waals surface area contributed by atoms with Gasteiger partial charge in [-0.3, -0.25) is 0 Å². The van der Waals surface area contributed by atoms with E-state index in [9.17, 15) is 0 Å². The molecule has 2 nitrogen and oxygen atoms in total. The molecule has 27 aromatic rings. The number of rotatable bonds is 14. The van der Waals surface area contributed by atoms with E-state index in [1.165, 1.54) is 258 Å². The molecule has 0 radical (unpaired) electrons. The molecule has 0 heterocycles. The van der Waals surface area contributed by atoms with Gasteiger partial charge in [-0.1, -0.05) is 464 Å². The van der Waals surface area contributed by atoms with E-state index < -0.39 is 0 Å². The molecule has 29 rings (SSSR count). The smallest absolute Gasteiger partial charge is 0.0540 e. The molecule has 0 N–H and O–H groups in total. The molecule has 2 heteroatoms. The molecule has 0 atom stereocenters. The summed E-state index contributed by atoms with van der Waals surface area (Å²) in [5.74, 6) is 0. The van der Waals surface area contributed by atoms with Crippen molar-refractivity contribution in [2.45, 2.75) is 38.5 Å². The first kappa shape index (κ1) is 85.6. The summed E-state index contributed by atoms with van der Waals surface area (Å²) in [5.41, 5.74) is 36.9. The Kier molecular flexibility index (Phi) is 20.1. The number of para-hydroxylation sites is 2. The lowest BCUT2D eigenvalue weighted by molar-refractivity contribution is 0.660. The first-order valence-corrected chi connectivity index (χ1v) is 51.1. The van der Waals surface area contributed by atoms with Gasteiger partial charge in [0.05, 0.1) is 11.4 Å².